The van der Waals surface area contributed by atoms with E-state index in [4.69, 9.17) is 14.9 Å². The maximum atomic E-state index is 11.7. The van der Waals surface area contributed by atoms with E-state index in [2.05, 4.69) is 44.3 Å². The summed E-state index contributed by atoms with van der Waals surface area (Å²) in [7, 11) is 0. The third-order valence-corrected chi connectivity index (χ3v) is 8.18. The van der Waals surface area contributed by atoms with Gasteiger partial charge in [-0.15, -0.1) is 0 Å². The van der Waals surface area contributed by atoms with E-state index in [0.717, 1.165) is 29.4 Å². The monoisotopic (exact) mass is 578 g/mol. The van der Waals surface area contributed by atoms with Gasteiger partial charge in [-0.25, -0.2) is 4.79 Å². The SMILES string of the molecule is C=C(C=O)CO.C=C(CO)C(=O)OCC(CO)c1ccc(-c2ccc(CCC3CCC(CCCCC)CC3)cc2)cc1. The maximum Gasteiger partial charge on any atom is 0.335 e. The van der Waals surface area contributed by atoms with Crippen LogP contribution in [0.25, 0.3) is 11.1 Å². The first kappa shape index (κ1) is 35.1. The van der Waals surface area contributed by atoms with Crippen LogP contribution in [0.3, 0.4) is 0 Å². The number of benzene rings is 2. The second-order valence-electron chi connectivity index (χ2n) is 11.4. The van der Waals surface area contributed by atoms with Crippen LogP contribution in [0.4, 0.5) is 0 Å². The van der Waals surface area contributed by atoms with E-state index in [1.807, 2.05) is 24.3 Å². The summed E-state index contributed by atoms with van der Waals surface area (Å²) in [5, 5.41) is 26.7. The number of hydrogen-bond acceptors (Lipinski definition) is 6. The fraction of sp³-hybridized carbons (Fsp3) is 0.500. The molecule has 0 heterocycles. The molecule has 1 fully saturated rings. The molecular weight excluding hydrogens is 528 g/mol. The zero-order valence-corrected chi connectivity index (χ0v) is 25.3. The molecule has 6 heteroatoms. The zero-order valence-electron chi connectivity index (χ0n) is 25.3. The summed E-state index contributed by atoms with van der Waals surface area (Å²) in [4.78, 5) is 21.2. The van der Waals surface area contributed by atoms with Gasteiger partial charge in [0.05, 0.1) is 25.4 Å². The van der Waals surface area contributed by atoms with Crippen molar-refractivity contribution in [1.82, 2.24) is 0 Å². The number of aldehydes is 1. The lowest BCUT2D eigenvalue weighted by Gasteiger charge is -2.28. The van der Waals surface area contributed by atoms with E-state index in [1.54, 1.807) is 0 Å². The number of hydrogen-bond donors (Lipinski definition) is 3. The molecule has 0 radical (unpaired) electrons. The van der Waals surface area contributed by atoms with Gasteiger partial charge in [-0.1, -0.05) is 120 Å². The van der Waals surface area contributed by atoms with Gasteiger partial charge in [0.2, 0.25) is 0 Å². The molecule has 6 nitrogen and oxygen atoms in total. The van der Waals surface area contributed by atoms with E-state index >= 15 is 0 Å². The predicted molar refractivity (Wildman–Crippen MR) is 169 cm³/mol. The van der Waals surface area contributed by atoms with Crippen LogP contribution >= 0.6 is 0 Å². The maximum absolute atomic E-state index is 11.7. The molecule has 230 valence electrons. The number of carbonyl (C=O) groups is 2. The molecule has 2 aromatic carbocycles. The van der Waals surface area contributed by atoms with Crippen LogP contribution < -0.4 is 0 Å². The van der Waals surface area contributed by atoms with Crippen LogP contribution in [0.1, 0.15) is 81.8 Å². The third kappa shape index (κ3) is 12.4. The van der Waals surface area contributed by atoms with Crippen molar-refractivity contribution in [3.63, 3.8) is 0 Å². The van der Waals surface area contributed by atoms with Crippen molar-refractivity contribution >= 4 is 12.3 Å². The van der Waals surface area contributed by atoms with Gasteiger partial charge in [0.1, 0.15) is 12.9 Å². The largest absolute Gasteiger partial charge is 0.462 e. The van der Waals surface area contributed by atoms with Crippen molar-refractivity contribution in [2.24, 2.45) is 11.8 Å². The first-order valence-corrected chi connectivity index (χ1v) is 15.3. The number of ether oxygens (including phenoxy) is 1. The predicted octanol–water partition coefficient (Wildman–Crippen LogP) is 6.57. The Morgan fingerprint density at radius 2 is 1.45 bits per heavy atom. The standard InChI is InChI=1S/C32H44O4.C4H6O2/c1-3-4-5-6-25-7-9-26(10-8-25)11-12-27-13-15-28(16-14-27)29-17-19-30(20-18-29)31(22-34)23-36-32(35)24(2)21-33;1-4(2-5)3-6/h13-20,25-26,31,33-34H,2-12,21-23H2,1H3;2,6H,1,3H2. The van der Waals surface area contributed by atoms with Crippen molar-refractivity contribution in [2.45, 2.75) is 77.0 Å². The fourth-order valence-electron chi connectivity index (χ4n) is 5.31. The van der Waals surface area contributed by atoms with Crippen LogP contribution in [-0.4, -0.2) is 54.0 Å². The van der Waals surface area contributed by atoms with Gasteiger partial charge in [0.15, 0.2) is 0 Å². The summed E-state index contributed by atoms with van der Waals surface area (Å²) in [5.74, 6) is 0.915. The molecule has 3 rings (SSSR count). The Morgan fingerprint density at radius 3 is 1.93 bits per heavy atom. The molecule has 0 spiro atoms. The number of esters is 1. The highest BCUT2D eigenvalue weighted by atomic mass is 16.5. The van der Waals surface area contributed by atoms with Crippen molar-refractivity contribution in [1.29, 1.82) is 0 Å². The first-order valence-electron chi connectivity index (χ1n) is 15.3. The van der Waals surface area contributed by atoms with E-state index < -0.39 is 12.6 Å². The number of rotatable bonds is 16. The number of aliphatic hydroxyl groups excluding tert-OH is 3. The molecule has 0 aliphatic heterocycles. The molecule has 42 heavy (non-hydrogen) atoms. The molecular formula is C36H50O6. The number of aryl methyl sites for hydroxylation is 1. The van der Waals surface area contributed by atoms with E-state index in [-0.39, 0.29) is 36.9 Å². The first-order chi connectivity index (χ1) is 20.3. The van der Waals surface area contributed by atoms with Crippen LogP contribution in [-0.2, 0) is 20.7 Å². The smallest absolute Gasteiger partial charge is 0.335 e. The van der Waals surface area contributed by atoms with Crippen molar-refractivity contribution < 1.29 is 29.6 Å². The summed E-state index contributed by atoms with van der Waals surface area (Å²) in [6.07, 6.45) is 14.2. The highest BCUT2D eigenvalue weighted by Crippen LogP contribution is 2.34. The molecule has 1 aliphatic rings. The Balaban J connectivity index is 0.000000928. The highest BCUT2D eigenvalue weighted by Gasteiger charge is 2.20. The second-order valence-corrected chi connectivity index (χ2v) is 11.4. The molecule has 3 N–H and O–H groups in total. The Morgan fingerprint density at radius 1 is 0.881 bits per heavy atom. The quantitative estimate of drug-likeness (QED) is 0.0900. The molecule has 0 bridgehead atoms. The van der Waals surface area contributed by atoms with Crippen LogP contribution in [0.2, 0.25) is 0 Å². The Bertz CT molecular complexity index is 1080. The average Bonchev–Trinajstić information content (AvgIpc) is 3.04. The summed E-state index contributed by atoms with van der Waals surface area (Å²) >= 11 is 0. The molecule has 0 amide bonds. The molecule has 2 aromatic rings. The molecule has 1 saturated carbocycles. The molecule has 1 atom stereocenters. The van der Waals surface area contributed by atoms with E-state index in [1.165, 1.54) is 68.9 Å². The van der Waals surface area contributed by atoms with Gasteiger partial charge in [0.25, 0.3) is 0 Å². The molecule has 0 aromatic heterocycles. The number of aliphatic hydroxyl groups is 3. The topological polar surface area (TPSA) is 104 Å². The fourth-order valence-corrected chi connectivity index (χ4v) is 5.31. The summed E-state index contributed by atoms with van der Waals surface area (Å²) in [6, 6.07) is 16.9. The Hall–Kier alpha value is -3.06. The van der Waals surface area contributed by atoms with Gasteiger partial charge in [-0.05, 0) is 46.9 Å². The summed E-state index contributed by atoms with van der Waals surface area (Å²) in [6.45, 7) is 8.17. The van der Waals surface area contributed by atoms with E-state index in [9.17, 15) is 14.7 Å². The average molecular weight is 579 g/mol. The highest BCUT2D eigenvalue weighted by molar-refractivity contribution is 5.87. The molecule has 1 unspecified atom stereocenters. The lowest BCUT2D eigenvalue weighted by Crippen LogP contribution is -2.17. The van der Waals surface area contributed by atoms with Crippen molar-refractivity contribution in [2.75, 3.05) is 26.4 Å². The third-order valence-electron chi connectivity index (χ3n) is 8.18. The lowest BCUT2D eigenvalue weighted by molar-refractivity contribution is -0.140. The Kier molecular flexibility index (Phi) is 16.7. The van der Waals surface area contributed by atoms with Crippen LogP contribution in [0.15, 0.2) is 72.8 Å². The Labute approximate surface area is 252 Å². The summed E-state index contributed by atoms with van der Waals surface area (Å²) in [5.41, 5.74) is 4.83. The van der Waals surface area contributed by atoms with Gasteiger partial charge in [-0.2, -0.15) is 0 Å². The van der Waals surface area contributed by atoms with E-state index in [0.29, 0.717) is 6.29 Å². The minimum atomic E-state index is -0.636. The second kappa shape index (κ2) is 20.0. The summed E-state index contributed by atoms with van der Waals surface area (Å²) < 4.78 is 5.16. The van der Waals surface area contributed by atoms with Gasteiger partial charge in [0, 0.05) is 11.5 Å². The zero-order chi connectivity index (χ0) is 30.7. The van der Waals surface area contributed by atoms with Crippen molar-refractivity contribution in [3.05, 3.63) is 84.0 Å². The van der Waals surface area contributed by atoms with Crippen LogP contribution in [0.5, 0.6) is 0 Å². The minimum absolute atomic E-state index is 0.00988. The minimum Gasteiger partial charge on any atom is -0.462 e. The van der Waals surface area contributed by atoms with Crippen LogP contribution in [0, 0.1) is 11.8 Å². The number of carbonyl (C=O) groups excluding carboxylic acids is 2. The van der Waals surface area contributed by atoms with Gasteiger partial charge >= 0.3 is 5.97 Å². The van der Waals surface area contributed by atoms with Gasteiger partial charge in [-0.3, -0.25) is 4.79 Å². The molecule has 1 aliphatic carbocycles. The van der Waals surface area contributed by atoms with Gasteiger partial charge < -0.3 is 20.1 Å². The lowest BCUT2D eigenvalue weighted by atomic mass is 9.78. The normalized spacial score (nSPS) is 17.0. The van der Waals surface area contributed by atoms with Crippen molar-refractivity contribution in [3.8, 4) is 11.1 Å². The molecule has 0 saturated heterocycles. The number of unbranched alkanes of at least 4 members (excludes halogenated alkanes) is 2.